The number of hydrogen-bond acceptors (Lipinski definition) is 2. The van der Waals surface area contributed by atoms with Crippen LogP contribution in [0, 0.1) is 11.7 Å². The number of nitrogens with zero attached hydrogens (tertiary/aromatic N) is 1. The smallest absolute Gasteiger partial charge is 0.135 e. The van der Waals surface area contributed by atoms with Crippen LogP contribution in [0.2, 0.25) is 0 Å². The Morgan fingerprint density at radius 2 is 2.18 bits per heavy atom. The van der Waals surface area contributed by atoms with Gasteiger partial charge in [0.15, 0.2) is 0 Å². The van der Waals surface area contributed by atoms with Gasteiger partial charge in [0.1, 0.15) is 10.8 Å². The lowest BCUT2D eigenvalue weighted by Crippen LogP contribution is -2.30. The summed E-state index contributed by atoms with van der Waals surface area (Å²) in [6.45, 7) is 2.18. The van der Waals surface area contributed by atoms with Gasteiger partial charge in [0.25, 0.3) is 0 Å². The maximum Gasteiger partial charge on any atom is 0.135 e. The van der Waals surface area contributed by atoms with Gasteiger partial charge in [-0.25, -0.2) is 4.39 Å². The van der Waals surface area contributed by atoms with Gasteiger partial charge in [0.2, 0.25) is 0 Å². The molecule has 0 aromatic heterocycles. The molecule has 0 radical (unpaired) electrons. The molecule has 2 N–H and O–H groups in total. The van der Waals surface area contributed by atoms with Crippen molar-refractivity contribution in [3.8, 4) is 0 Å². The van der Waals surface area contributed by atoms with Crippen LogP contribution in [0.4, 0.5) is 10.1 Å². The van der Waals surface area contributed by atoms with Crippen LogP contribution in [-0.2, 0) is 0 Å². The SMILES string of the molecule is CC(C1CC1)N(C)c1ccc(C(N)=S)c(F)c1. The fraction of sp³-hybridized carbons (Fsp3) is 0.462. The zero-order chi connectivity index (χ0) is 12.6. The van der Waals surface area contributed by atoms with Crippen LogP contribution < -0.4 is 10.6 Å². The quantitative estimate of drug-likeness (QED) is 0.835. The highest BCUT2D eigenvalue weighted by atomic mass is 32.1. The topological polar surface area (TPSA) is 29.3 Å². The van der Waals surface area contributed by atoms with Crippen molar-refractivity contribution in [3.05, 3.63) is 29.6 Å². The van der Waals surface area contributed by atoms with E-state index in [-0.39, 0.29) is 10.8 Å². The van der Waals surface area contributed by atoms with E-state index in [9.17, 15) is 4.39 Å². The highest BCUT2D eigenvalue weighted by molar-refractivity contribution is 7.80. The summed E-state index contributed by atoms with van der Waals surface area (Å²) in [5, 5.41) is 0. The number of nitrogens with two attached hydrogens (primary N) is 1. The lowest BCUT2D eigenvalue weighted by atomic mass is 10.1. The maximum atomic E-state index is 13.7. The van der Waals surface area contributed by atoms with E-state index >= 15 is 0 Å². The molecule has 0 saturated heterocycles. The first-order valence-corrected chi connectivity index (χ1v) is 6.23. The zero-order valence-electron chi connectivity index (χ0n) is 10.1. The average molecular weight is 252 g/mol. The molecule has 0 heterocycles. The van der Waals surface area contributed by atoms with E-state index in [1.165, 1.54) is 18.9 Å². The number of rotatable bonds is 4. The number of anilines is 1. The van der Waals surface area contributed by atoms with E-state index < -0.39 is 0 Å². The van der Waals surface area contributed by atoms with Crippen molar-refractivity contribution in [3.63, 3.8) is 0 Å². The van der Waals surface area contributed by atoms with Crippen molar-refractivity contribution < 1.29 is 4.39 Å². The van der Waals surface area contributed by atoms with Crippen molar-refractivity contribution in [2.24, 2.45) is 11.7 Å². The molecule has 1 aliphatic carbocycles. The second kappa shape index (κ2) is 4.61. The Morgan fingerprint density at radius 1 is 1.53 bits per heavy atom. The molecule has 1 aromatic rings. The Morgan fingerprint density at radius 3 is 2.65 bits per heavy atom. The zero-order valence-corrected chi connectivity index (χ0v) is 10.9. The maximum absolute atomic E-state index is 13.7. The number of halogens is 1. The van der Waals surface area contributed by atoms with Crippen LogP contribution in [0.15, 0.2) is 18.2 Å². The number of thiocarbonyl (C=S) groups is 1. The van der Waals surface area contributed by atoms with Crippen LogP contribution >= 0.6 is 12.2 Å². The van der Waals surface area contributed by atoms with Gasteiger partial charge >= 0.3 is 0 Å². The van der Waals surface area contributed by atoms with Gasteiger partial charge in [-0.1, -0.05) is 12.2 Å². The Hall–Kier alpha value is -1.16. The molecule has 92 valence electrons. The lowest BCUT2D eigenvalue weighted by Gasteiger charge is -2.27. The van der Waals surface area contributed by atoms with E-state index in [0.29, 0.717) is 11.6 Å². The second-order valence-electron chi connectivity index (χ2n) is 4.72. The first kappa shape index (κ1) is 12.3. The summed E-state index contributed by atoms with van der Waals surface area (Å²) in [5.74, 6) is 0.406. The van der Waals surface area contributed by atoms with E-state index in [1.807, 2.05) is 13.1 Å². The van der Waals surface area contributed by atoms with Crippen molar-refractivity contribution in [2.75, 3.05) is 11.9 Å². The molecule has 1 aromatic carbocycles. The molecule has 1 atom stereocenters. The van der Waals surface area contributed by atoms with Gasteiger partial charge in [-0.2, -0.15) is 0 Å². The highest BCUT2D eigenvalue weighted by Crippen LogP contribution is 2.36. The summed E-state index contributed by atoms with van der Waals surface area (Å²) in [7, 11) is 2.00. The van der Waals surface area contributed by atoms with Crippen LogP contribution in [-0.4, -0.2) is 18.1 Å². The van der Waals surface area contributed by atoms with Gasteiger partial charge < -0.3 is 10.6 Å². The van der Waals surface area contributed by atoms with Gasteiger partial charge in [-0.3, -0.25) is 0 Å². The van der Waals surface area contributed by atoms with Crippen molar-refractivity contribution in [2.45, 2.75) is 25.8 Å². The predicted octanol–water partition coefficient (Wildman–Crippen LogP) is 2.69. The molecule has 2 rings (SSSR count). The molecule has 0 aliphatic heterocycles. The first-order chi connectivity index (χ1) is 8.00. The summed E-state index contributed by atoms with van der Waals surface area (Å²) in [5.41, 5.74) is 6.63. The van der Waals surface area contributed by atoms with Gasteiger partial charge in [0, 0.05) is 24.3 Å². The molecule has 1 aliphatic rings. The first-order valence-electron chi connectivity index (χ1n) is 5.83. The molecule has 1 fully saturated rings. The summed E-state index contributed by atoms with van der Waals surface area (Å²) in [4.78, 5) is 2.22. The molecule has 0 spiro atoms. The molecule has 2 nitrogen and oxygen atoms in total. The molecule has 0 bridgehead atoms. The van der Waals surface area contributed by atoms with E-state index in [4.69, 9.17) is 18.0 Å². The normalized spacial score (nSPS) is 16.6. The minimum Gasteiger partial charge on any atom is -0.389 e. The fourth-order valence-electron chi connectivity index (χ4n) is 2.05. The van der Waals surface area contributed by atoms with E-state index in [1.54, 1.807) is 6.07 Å². The van der Waals surface area contributed by atoms with Crippen LogP contribution in [0.5, 0.6) is 0 Å². The monoisotopic (exact) mass is 252 g/mol. The van der Waals surface area contributed by atoms with Crippen molar-refractivity contribution in [1.29, 1.82) is 0 Å². The molecule has 17 heavy (non-hydrogen) atoms. The molecule has 1 unspecified atom stereocenters. The summed E-state index contributed by atoms with van der Waals surface area (Å²) in [6.07, 6.45) is 2.55. The summed E-state index contributed by atoms with van der Waals surface area (Å²) >= 11 is 4.79. The molecular weight excluding hydrogens is 235 g/mol. The average Bonchev–Trinajstić information content (AvgIpc) is 3.10. The Balaban J connectivity index is 2.21. The summed E-state index contributed by atoms with van der Waals surface area (Å²) < 4.78 is 13.7. The standard InChI is InChI=1S/C13H17FN2S/c1-8(9-3-4-9)16(2)10-5-6-11(13(15)17)12(14)7-10/h5-9H,3-4H2,1-2H3,(H2,15,17). The largest absolute Gasteiger partial charge is 0.389 e. The Kier molecular flexibility index (Phi) is 3.33. The van der Waals surface area contributed by atoms with Crippen molar-refractivity contribution in [1.82, 2.24) is 0 Å². The van der Waals surface area contributed by atoms with E-state index in [2.05, 4.69) is 11.8 Å². The molecule has 1 saturated carbocycles. The highest BCUT2D eigenvalue weighted by Gasteiger charge is 2.30. The lowest BCUT2D eigenvalue weighted by molar-refractivity contribution is 0.600. The minimum absolute atomic E-state index is 0.104. The van der Waals surface area contributed by atoms with Crippen LogP contribution in [0.25, 0.3) is 0 Å². The number of benzene rings is 1. The van der Waals surface area contributed by atoms with E-state index in [0.717, 1.165) is 11.6 Å². The molecule has 0 amide bonds. The van der Waals surface area contributed by atoms with Crippen molar-refractivity contribution >= 4 is 22.9 Å². The summed E-state index contributed by atoms with van der Waals surface area (Å²) in [6, 6.07) is 5.48. The fourth-order valence-corrected chi connectivity index (χ4v) is 2.22. The molecular formula is C13H17FN2S. The third-order valence-corrected chi connectivity index (χ3v) is 3.76. The molecule has 4 heteroatoms. The second-order valence-corrected chi connectivity index (χ2v) is 5.16. The predicted molar refractivity (Wildman–Crippen MR) is 72.9 cm³/mol. The third kappa shape index (κ3) is 2.57. The van der Waals surface area contributed by atoms with Crippen LogP contribution in [0.1, 0.15) is 25.3 Å². The van der Waals surface area contributed by atoms with Gasteiger partial charge in [-0.05, 0) is 43.9 Å². The van der Waals surface area contributed by atoms with Gasteiger partial charge in [0.05, 0.1) is 0 Å². The Bertz CT molecular complexity index is 443. The number of hydrogen-bond donors (Lipinski definition) is 1. The van der Waals surface area contributed by atoms with Crippen LogP contribution in [0.3, 0.4) is 0 Å². The third-order valence-electron chi connectivity index (χ3n) is 3.54. The minimum atomic E-state index is -0.343. The Labute approximate surface area is 107 Å². The van der Waals surface area contributed by atoms with Gasteiger partial charge in [-0.15, -0.1) is 0 Å².